The average molecular weight is 363 g/mol. The van der Waals surface area contributed by atoms with Gasteiger partial charge in [-0.3, -0.25) is 5.32 Å². The number of ether oxygens (including phenoxy) is 1. The largest absolute Gasteiger partial charge is 0.507 e. The first-order chi connectivity index (χ1) is 12.8. The van der Waals surface area contributed by atoms with Gasteiger partial charge in [0.15, 0.2) is 0 Å². The number of aromatic hydroxyl groups is 1. The predicted molar refractivity (Wildman–Crippen MR) is 108 cm³/mol. The van der Waals surface area contributed by atoms with Crippen LogP contribution >= 0.6 is 0 Å². The Labute approximate surface area is 159 Å². The minimum absolute atomic E-state index is 0.200. The lowest BCUT2D eigenvalue weighted by Gasteiger charge is -2.36. The van der Waals surface area contributed by atoms with Crippen molar-refractivity contribution >= 4 is 10.8 Å². The highest BCUT2D eigenvalue weighted by Gasteiger charge is 2.32. The molecule has 0 amide bonds. The van der Waals surface area contributed by atoms with Crippen molar-refractivity contribution in [1.29, 1.82) is 0 Å². The number of aryl methyl sites for hydroxylation is 1. The molecule has 3 aromatic rings. The molecule has 3 N–H and O–H groups in total. The number of hydrogen-bond acceptors (Lipinski definition) is 4. The number of fused-ring (bicyclic) bond motifs is 2. The third-order valence-corrected chi connectivity index (χ3v) is 5.42. The highest BCUT2D eigenvalue weighted by molar-refractivity contribution is 6.03. The first kappa shape index (κ1) is 17.8. The summed E-state index contributed by atoms with van der Waals surface area (Å²) in [7, 11) is 1.61. The lowest BCUT2D eigenvalue weighted by molar-refractivity contribution is 0.00158. The van der Waals surface area contributed by atoms with Crippen LogP contribution in [0.4, 0.5) is 0 Å². The van der Waals surface area contributed by atoms with E-state index in [1.54, 1.807) is 20.1 Å². The topological polar surface area (TPSA) is 61.7 Å². The van der Waals surface area contributed by atoms with Crippen molar-refractivity contribution in [2.24, 2.45) is 0 Å². The Kier molecular flexibility index (Phi) is 4.13. The van der Waals surface area contributed by atoms with Crippen molar-refractivity contribution < 1.29 is 14.9 Å². The maximum atomic E-state index is 10.9. The van der Waals surface area contributed by atoms with Crippen LogP contribution in [-0.2, 0) is 12.1 Å². The van der Waals surface area contributed by atoms with Crippen molar-refractivity contribution in [3.8, 4) is 22.6 Å². The molecule has 2 atom stereocenters. The van der Waals surface area contributed by atoms with Gasteiger partial charge in [0.05, 0.1) is 12.5 Å². The van der Waals surface area contributed by atoms with Crippen LogP contribution in [0.3, 0.4) is 0 Å². The zero-order valence-corrected chi connectivity index (χ0v) is 16.1. The van der Waals surface area contributed by atoms with Gasteiger partial charge in [-0.15, -0.1) is 0 Å². The van der Waals surface area contributed by atoms with E-state index in [1.165, 1.54) is 0 Å². The highest BCUT2D eigenvalue weighted by Crippen LogP contribution is 2.41. The summed E-state index contributed by atoms with van der Waals surface area (Å²) in [5.41, 5.74) is 4.06. The Hall–Kier alpha value is -2.56. The monoisotopic (exact) mass is 363 g/mol. The Morgan fingerprint density at radius 3 is 2.67 bits per heavy atom. The lowest BCUT2D eigenvalue weighted by atomic mass is 9.86. The Morgan fingerprint density at radius 2 is 1.93 bits per heavy atom. The van der Waals surface area contributed by atoms with E-state index in [0.29, 0.717) is 11.1 Å². The number of methoxy groups -OCH3 is 1. The van der Waals surface area contributed by atoms with Gasteiger partial charge < -0.3 is 14.9 Å². The van der Waals surface area contributed by atoms with Crippen LogP contribution in [-0.4, -0.2) is 23.4 Å². The second kappa shape index (κ2) is 6.25. The van der Waals surface area contributed by atoms with Gasteiger partial charge in [0, 0.05) is 11.6 Å². The molecule has 0 fully saturated rings. The van der Waals surface area contributed by atoms with E-state index in [0.717, 1.165) is 39.6 Å². The van der Waals surface area contributed by atoms with Gasteiger partial charge in [0.1, 0.15) is 17.2 Å². The summed E-state index contributed by atoms with van der Waals surface area (Å²) in [5.74, 6) is 0.857. The first-order valence-corrected chi connectivity index (χ1v) is 9.24. The molecule has 4 heteroatoms. The number of benzene rings is 3. The highest BCUT2D eigenvalue weighted by atomic mass is 16.5. The van der Waals surface area contributed by atoms with Crippen LogP contribution in [0, 0.1) is 6.92 Å². The van der Waals surface area contributed by atoms with Crippen LogP contribution < -0.4 is 10.1 Å². The third kappa shape index (κ3) is 2.95. The Balaban J connectivity index is 1.97. The molecule has 1 heterocycles. The maximum absolute atomic E-state index is 10.9. The average Bonchev–Trinajstić information content (AvgIpc) is 2.60. The standard InChI is InChI=1S/C23H25NO3/c1-13-9-18-17(7-8-20(25)22(18)21(10-13)27-4)15-5-6-16-11-14(2)24-23(3,26)19(16)12-15/h5-10,12,14,24-26H,11H2,1-4H3/t14-,23+/m1/s1. The van der Waals surface area contributed by atoms with Gasteiger partial charge in [-0.25, -0.2) is 0 Å². The Bertz CT molecular complexity index is 1040. The van der Waals surface area contributed by atoms with Crippen molar-refractivity contribution in [1.82, 2.24) is 5.32 Å². The lowest BCUT2D eigenvalue weighted by Crippen LogP contribution is -2.49. The fourth-order valence-corrected chi connectivity index (χ4v) is 4.29. The fraction of sp³-hybridized carbons (Fsp3) is 0.304. The molecule has 4 nitrogen and oxygen atoms in total. The third-order valence-electron chi connectivity index (χ3n) is 5.42. The van der Waals surface area contributed by atoms with Gasteiger partial charge in [-0.2, -0.15) is 0 Å². The van der Waals surface area contributed by atoms with Crippen molar-refractivity contribution in [3.63, 3.8) is 0 Å². The van der Waals surface area contributed by atoms with Gasteiger partial charge in [0.25, 0.3) is 0 Å². The summed E-state index contributed by atoms with van der Waals surface area (Å²) in [4.78, 5) is 0. The van der Waals surface area contributed by atoms with Crippen molar-refractivity contribution in [2.45, 2.75) is 39.0 Å². The van der Waals surface area contributed by atoms with Gasteiger partial charge in [-0.05, 0) is 73.0 Å². The van der Waals surface area contributed by atoms with Gasteiger partial charge in [-0.1, -0.05) is 24.3 Å². The smallest absolute Gasteiger partial charge is 0.139 e. The fourth-order valence-electron chi connectivity index (χ4n) is 4.29. The van der Waals surface area contributed by atoms with Crippen molar-refractivity contribution in [2.75, 3.05) is 7.11 Å². The summed E-state index contributed by atoms with van der Waals surface area (Å²) in [6.07, 6.45) is 0.884. The van der Waals surface area contributed by atoms with E-state index in [1.807, 2.05) is 19.1 Å². The zero-order valence-electron chi connectivity index (χ0n) is 16.1. The van der Waals surface area contributed by atoms with Crippen LogP contribution in [0.2, 0.25) is 0 Å². The minimum atomic E-state index is -1.07. The number of nitrogens with one attached hydrogen (secondary N) is 1. The SMILES string of the molecule is COc1cc(C)cc2c(-c3ccc4c(c3)[C@](C)(O)N[C@H](C)C4)ccc(O)c12. The van der Waals surface area contributed by atoms with E-state index < -0.39 is 5.72 Å². The quantitative estimate of drug-likeness (QED) is 0.638. The summed E-state index contributed by atoms with van der Waals surface area (Å²) in [6.45, 7) is 5.89. The summed E-state index contributed by atoms with van der Waals surface area (Å²) >= 11 is 0. The van der Waals surface area contributed by atoms with Gasteiger partial charge >= 0.3 is 0 Å². The molecule has 27 heavy (non-hydrogen) atoms. The normalized spacial score (nSPS) is 21.9. The molecule has 0 spiro atoms. The molecule has 0 aliphatic carbocycles. The molecule has 1 aliphatic heterocycles. The summed E-state index contributed by atoms with van der Waals surface area (Å²) in [5, 5.41) is 26.2. The minimum Gasteiger partial charge on any atom is -0.507 e. The zero-order chi connectivity index (χ0) is 19.3. The number of aliphatic hydroxyl groups is 1. The molecule has 1 aliphatic rings. The predicted octanol–water partition coefficient (Wildman–Crippen LogP) is 4.23. The van der Waals surface area contributed by atoms with E-state index in [9.17, 15) is 10.2 Å². The number of rotatable bonds is 2. The van der Waals surface area contributed by atoms with Crippen LogP contribution in [0.25, 0.3) is 21.9 Å². The summed E-state index contributed by atoms with van der Waals surface area (Å²) < 4.78 is 5.51. The van der Waals surface area contributed by atoms with E-state index in [2.05, 4.69) is 36.5 Å². The number of phenolic OH excluding ortho intramolecular Hbond substituents is 1. The molecular weight excluding hydrogens is 338 g/mol. The molecule has 0 radical (unpaired) electrons. The molecule has 3 aromatic carbocycles. The second-order valence-electron chi connectivity index (χ2n) is 7.72. The van der Waals surface area contributed by atoms with Crippen LogP contribution in [0.15, 0.2) is 42.5 Å². The summed E-state index contributed by atoms with van der Waals surface area (Å²) in [6, 6.07) is 14.1. The van der Waals surface area contributed by atoms with Gasteiger partial charge in [0.2, 0.25) is 0 Å². The molecule has 0 saturated carbocycles. The van der Waals surface area contributed by atoms with Crippen LogP contribution in [0.1, 0.15) is 30.5 Å². The Morgan fingerprint density at radius 1 is 1.15 bits per heavy atom. The maximum Gasteiger partial charge on any atom is 0.139 e. The van der Waals surface area contributed by atoms with Crippen LogP contribution in [0.5, 0.6) is 11.5 Å². The molecule has 0 saturated heterocycles. The molecule has 0 aromatic heterocycles. The van der Waals surface area contributed by atoms with E-state index >= 15 is 0 Å². The molecular formula is C23H25NO3. The number of hydrogen-bond donors (Lipinski definition) is 3. The molecule has 140 valence electrons. The number of phenols is 1. The van der Waals surface area contributed by atoms with E-state index in [-0.39, 0.29) is 11.8 Å². The van der Waals surface area contributed by atoms with Crippen molar-refractivity contribution in [3.05, 3.63) is 59.2 Å². The molecule has 0 unspecified atom stereocenters. The second-order valence-corrected chi connectivity index (χ2v) is 7.72. The van der Waals surface area contributed by atoms with E-state index in [4.69, 9.17) is 4.74 Å². The first-order valence-electron chi connectivity index (χ1n) is 9.24. The molecule has 0 bridgehead atoms. The molecule has 4 rings (SSSR count).